The van der Waals surface area contributed by atoms with Gasteiger partial charge in [-0.05, 0) is 35.2 Å². The Bertz CT molecular complexity index is 803. The fourth-order valence-corrected chi connectivity index (χ4v) is 3.26. The molecule has 0 unspecified atom stereocenters. The lowest BCUT2D eigenvalue weighted by Gasteiger charge is -2.26. The van der Waals surface area contributed by atoms with E-state index in [1.54, 1.807) is 20.0 Å². The number of nitrogens with zero attached hydrogens (tertiary/aromatic N) is 2. The molecule has 150 valence electrons. The zero-order chi connectivity index (χ0) is 19.8. The quantitative estimate of drug-likeness (QED) is 0.594. The minimum atomic E-state index is -0.178. The minimum absolute atomic E-state index is 0.178. The van der Waals surface area contributed by atoms with Crippen LogP contribution < -0.4 is 10.6 Å². The molecule has 0 spiro atoms. The summed E-state index contributed by atoms with van der Waals surface area (Å²) in [4.78, 5) is 6.69. The maximum atomic E-state index is 13.4. The van der Waals surface area contributed by atoms with Crippen molar-refractivity contribution in [3.05, 3.63) is 70.5 Å². The maximum Gasteiger partial charge on any atom is 0.191 e. The lowest BCUT2D eigenvalue weighted by Crippen LogP contribution is -2.36. The van der Waals surface area contributed by atoms with Crippen molar-refractivity contribution in [2.24, 2.45) is 4.99 Å². The Morgan fingerprint density at radius 3 is 2.39 bits per heavy atom. The van der Waals surface area contributed by atoms with Crippen LogP contribution in [-0.4, -0.2) is 44.2 Å². The van der Waals surface area contributed by atoms with Crippen LogP contribution in [0.2, 0.25) is 0 Å². The number of rotatable bonds is 6. The van der Waals surface area contributed by atoms with E-state index in [4.69, 9.17) is 4.74 Å². The summed E-state index contributed by atoms with van der Waals surface area (Å²) in [5.41, 5.74) is 4.20. The number of guanidine groups is 1. The van der Waals surface area contributed by atoms with Crippen molar-refractivity contribution < 1.29 is 9.13 Å². The number of aliphatic imine (C=N–C) groups is 1. The molecule has 2 aromatic rings. The molecule has 6 heteroatoms. The van der Waals surface area contributed by atoms with E-state index < -0.39 is 0 Å². The molecule has 0 bridgehead atoms. The number of hydrogen-bond acceptors (Lipinski definition) is 3. The number of benzene rings is 2. The fourth-order valence-electron chi connectivity index (χ4n) is 3.26. The van der Waals surface area contributed by atoms with Crippen molar-refractivity contribution in [3.8, 4) is 0 Å². The third-order valence-corrected chi connectivity index (χ3v) is 4.87. The molecule has 1 saturated heterocycles. The number of nitrogens with one attached hydrogen (secondary N) is 2. The van der Waals surface area contributed by atoms with Crippen LogP contribution in [0.4, 0.5) is 4.39 Å². The summed E-state index contributed by atoms with van der Waals surface area (Å²) in [6.07, 6.45) is 0. The summed E-state index contributed by atoms with van der Waals surface area (Å²) in [6, 6.07) is 13.8. The van der Waals surface area contributed by atoms with E-state index in [-0.39, 0.29) is 5.82 Å². The smallest absolute Gasteiger partial charge is 0.191 e. The molecule has 0 aliphatic carbocycles. The van der Waals surface area contributed by atoms with Crippen molar-refractivity contribution in [1.82, 2.24) is 15.5 Å². The van der Waals surface area contributed by atoms with Crippen molar-refractivity contribution in [1.29, 1.82) is 0 Å². The molecular formula is C22H29FN4O. The minimum Gasteiger partial charge on any atom is -0.379 e. The van der Waals surface area contributed by atoms with Gasteiger partial charge >= 0.3 is 0 Å². The SMILES string of the molecule is CN=C(NCc1cccc(CN2CCOCC2)c1)NCc1ccc(F)c(C)c1. The molecule has 28 heavy (non-hydrogen) atoms. The van der Waals surface area contributed by atoms with Gasteiger partial charge < -0.3 is 15.4 Å². The number of morpholine rings is 1. The van der Waals surface area contributed by atoms with E-state index in [1.807, 2.05) is 6.07 Å². The lowest BCUT2D eigenvalue weighted by molar-refractivity contribution is 0.0342. The number of aryl methyl sites for hydroxylation is 1. The van der Waals surface area contributed by atoms with Gasteiger partial charge in [-0.3, -0.25) is 9.89 Å². The maximum absolute atomic E-state index is 13.4. The van der Waals surface area contributed by atoms with Crippen LogP contribution in [0.25, 0.3) is 0 Å². The monoisotopic (exact) mass is 384 g/mol. The first-order chi connectivity index (χ1) is 13.6. The summed E-state index contributed by atoms with van der Waals surface area (Å²) in [5, 5.41) is 6.62. The molecule has 0 radical (unpaired) electrons. The first-order valence-electron chi connectivity index (χ1n) is 9.71. The van der Waals surface area contributed by atoms with Crippen LogP contribution in [-0.2, 0) is 24.4 Å². The Morgan fingerprint density at radius 1 is 1.04 bits per heavy atom. The predicted octanol–water partition coefficient (Wildman–Crippen LogP) is 2.83. The van der Waals surface area contributed by atoms with Gasteiger partial charge in [-0.25, -0.2) is 4.39 Å². The average molecular weight is 384 g/mol. The van der Waals surface area contributed by atoms with Crippen LogP contribution in [0.5, 0.6) is 0 Å². The highest BCUT2D eigenvalue weighted by Crippen LogP contribution is 2.11. The summed E-state index contributed by atoms with van der Waals surface area (Å²) >= 11 is 0. The van der Waals surface area contributed by atoms with E-state index in [0.717, 1.165) is 44.4 Å². The van der Waals surface area contributed by atoms with Crippen molar-refractivity contribution in [2.75, 3.05) is 33.4 Å². The van der Waals surface area contributed by atoms with Gasteiger partial charge in [-0.15, -0.1) is 0 Å². The second-order valence-electron chi connectivity index (χ2n) is 7.07. The second-order valence-corrected chi connectivity index (χ2v) is 7.07. The van der Waals surface area contributed by atoms with Crippen LogP contribution in [0.3, 0.4) is 0 Å². The average Bonchev–Trinajstić information content (AvgIpc) is 2.72. The molecule has 0 amide bonds. The zero-order valence-electron chi connectivity index (χ0n) is 16.7. The van der Waals surface area contributed by atoms with E-state index >= 15 is 0 Å². The molecule has 2 aromatic carbocycles. The van der Waals surface area contributed by atoms with Crippen LogP contribution in [0.1, 0.15) is 22.3 Å². The number of halogens is 1. The van der Waals surface area contributed by atoms with Gasteiger partial charge in [-0.2, -0.15) is 0 Å². The zero-order valence-corrected chi connectivity index (χ0v) is 16.7. The molecule has 1 heterocycles. The number of ether oxygens (including phenoxy) is 1. The molecule has 3 rings (SSSR count). The molecule has 1 fully saturated rings. The molecule has 0 saturated carbocycles. The first-order valence-corrected chi connectivity index (χ1v) is 9.71. The Hall–Kier alpha value is -2.44. The fraction of sp³-hybridized carbons (Fsp3) is 0.409. The number of hydrogen-bond donors (Lipinski definition) is 2. The summed E-state index contributed by atoms with van der Waals surface area (Å²) in [7, 11) is 1.75. The summed E-state index contributed by atoms with van der Waals surface area (Å²) < 4.78 is 18.8. The van der Waals surface area contributed by atoms with E-state index in [9.17, 15) is 4.39 Å². The Kier molecular flexibility index (Phi) is 7.39. The molecule has 1 aliphatic heterocycles. The third-order valence-electron chi connectivity index (χ3n) is 4.87. The Labute approximate surface area is 166 Å². The standard InChI is InChI=1S/C22H29FN4O/c1-17-12-19(6-7-21(17)23)15-26-22(24-2)25-14-18-4-3-5-20(13-18)16-27-8-10-28-11-9-27/h3-7,12-13H,8-11,14-16H2,1-2H3,(H2,24,25,26). The van der Waals surface area contributed by atoms with Gasteiger partial charge in [0.2, 0.25) is 0 Å². The Morgan fingerprint density at radius 2 is 1.71 bits per heavy atom. The predicted molar refractivity (Wildman–Crippen MR) is 111 cm³/mol. The Balaban J connectivity index is 1.50. The molecule has 5 nitrogen and oxygen atoms in total. The first kappa shape index (κ1) is 20.3. The normalized spacial score (nSPS) is 15.5. The third kappa shape index (κ3) is 6.04. The van der Waals surface area contributed by atoms with Gasteiger partial charge in [0, 0.05) is 39.8 Å². The molecule has 0 aromatic heterocycles. The van der Waals surface area contributed by atoms with Crippen molar-refractivity contribution >= 4 is 5.96 Å². The van der Waals surface area contributed by atoms with Gasteiger partial charge in [0.15, 0.2) is 5.96 Å². The van der Waals surface area contributed by atoms with Crippen molar-refractivity contribution in [3.63, 3.8) is 0 Å². The van der Waals surface area contributed by atoms with Crippen molar-refractivity contribution in [2.45, 2.75) is 26.6 Å². The highest BCUT2D eigenvalue weighted by atomic mass is 19.1. The molecule has 1 aliphatic rings. The highest BCUT2D eigenvalue weighted by molar-refractivity contribution is 5.79. The summed E-state index contributed by atoms with van der Waals surface area (Å²) in [5.74, 6) is 0.545. The van der Waals surface area contributed by atoms with Crippen LogP contribution in [0, 0.1) is 12.7 Å². The van der Waals surface area contributed by atoms with Crippen LogP contribution >= 0.6 is 0 Å². The van der Waals surface area contributed by atoms with Gasteiger partial charge in [-0.1, -0.05) is 36.4 Å². The van der Waals surface area contributed by atoms with Gasteiger partial charge in [0.1, 0.15) is 5.82 Å². The van der Waals surface area contributed by atoms with Crippen LogP contribution in [0.15, 0.2) is 47.5 Å². The lowest BCUT2D eigenvalue weighted by atomic mass is 10.1. The molecule has 0 atom stereocenters. The second kappa shape index (κ2) is 10.2. The van der Waals surface area contributed by atoms with E-state index in [0.29, 0.717) is 18.7 Å². The molecule has 2 N–H and O–H groups in total. The van der Waals surface area contributed by atoms with Gasteiger partial charge in [0.25, 0.3) is 0 Å². The molecular weight excluding hydrogens is 355 g/mol. The van der Waals surface area contributed by atoms with E-state index in [2.05, 4.69) is 44.8 Å². The van der Waals surface area contributed by atoms with Gasteiger partial charge in [0.05, 0.1) is 13.2 Å². The highest BCUT2D eigenvalue weighted by Gasteiger charge is 2.10. The topological polar surface area (TPSA) is 48.9 Å². The van der Waals surface area contributed by atoms with E-state index in [1.165, 1.54) is 17.2 Å². The largest absolute Gasteiger partial charge is 0.379 e. The summed E-state index contributed by atoms with van der Waals surface area (Å²) in [6.45, 7) is 7.62.